The second kappa shape index (κ2) is 6.60. The van der Waals surface area contributed by atoms with Crippen LogP contribution < -0.4 is 10.6 Å². The van der Waals surface area contributed by atoms with E-state index in [2.05, 4.69) is 25.8 Å². The Hall–Kier alpha value is -2.37. The van der Waals surface area contributed by atoms with Crippen LogP contribution in [-0.2, 0) is 0 Å². The fourth-order valence-electron chi connectivity index (χ4n) is 1.82. The van der Waals surface area contributed by atoms with Gasteiger partial charge in [-0.1, -0.05) is 47.5 Å². The van der Waals surface area contributed by atoms with Gasteiger partial charge in [-0.25, -0.2) is 0 Å². The average Bonchev–Trinajstić information content (AvgIpc) is 2.53. The summed E-state index contributed by atoms with van der Waals surface area (Å²) in [5, 5.41) is 14.9. The molecule has 22 heavy (non-hydrogen) atoms. The number of rotatable bonds is 4. The number of para-hydroxylation sites is 2. The van der Waals surface area contributed by atoms with Crippen molar-refractivity contribution in [1.29, 1.82) is 0 Å². The Balaban J connectivity index is 1.82. The molecule has 0 bridgehead atoms. The van der Waals surface area contributed by atoms with Crippen molar-refractivity contribution >= 4 is 46.3 Å². The summed E-state index contributed by atoms with van der Waals surface area (Å²) in [6.45, 7) is 0. The van der Waals surface area contributed by atoms with Gasteiger partial charge in [0.25, 0.3) is 0 Å². The smallest absolute Gasteiger partial charge is 0.249 e. The molecule has 0 saturated carbocycles. The summed E-state index contributed by atoms with van der Waals surface area (Å²) in [6, 6.07) is 14.9. The monoisotopic (exact) mass is 331 g/mol. The molecular weight excluding hydrogens is 321 g/mol. The first kappa shape index (κ1) is 14.6. The normalized spacial score (nSPS) is 10.3. The Kier molecular flexibility index (Phi) is 4.37. The largest absolute Gasteiger partial charge is 0.339 e. The highest BCUT2D eigenvalue weighted by molar-refractivity contribution is 6.39. The molecule has 0 aliphatic carbocycles. The molecule has 110 valence electrons. The van der Waals surface area contributed by atoms with E-state index in [-0.39, 0.29) is 0 Å². The van der Waals surface area contributed by atoms with E-state index in [1.165, 1.54) is 6.20 Å². The van der Waals surface area contributed by atoms with Crippen LogP contribution in [0, 0.1) is 0 Å². The lowest BCUT2D eigenvalue weighted by atomic mass is 10.3. The van der Waals surface area contributed by atoms with Crippen molar-refractivity contribution in [3.05, 3.63) is 64.8 Å². The number of nitrogens with one attached hydrogen (secondary N) is 2. The van der Waals surface area contributed by atoms with Crippen LogP contribution in [0.1, 0.15) is 0 Å². The Labute approximate surface area is 137 Å². The minimum absolute atomic E-state index is 0.302. The van der Waals surface area contributed by atoms with Crippen molar-refractivity contribution < 1.29 is 0 Å². The molecule has 0 aliphatic rings. The van der Waals surface area contributed by atoms with Gasteiger partial charge in [-0.15, -0.1) is 5.10 Å². The number of hydrogen-bond donors (Lipinski definition) is 2. The van der Waals surface area contributed by atoms with E-state index in [9.17, 15) is 0 Å². The number of benzene rings is 2. The summed E-state index contributed by atoms with van der Waals surface area (Å²) in [5.74, 6) is 0.864. The SMILES string of the molecule is Clc1cccc(Cl)c1Nc1nncc(Nc2ccccc2)n1. The van der Waals surface area contributed by atoms with Crippen molar-refractivity contribution in [1.82, 2.24) is 15.2 Å². The van der Waals surface area contributed by atoms with Gasteiger partial charge in [0.15, 0.2) is 5.82 Å². The molecule has 0 spiro atoms. The third kappa shape index (κ3) is 3.44. The molecule has 5 nitrogen and oxygen atoms in total. The van der Waals surface area contributed by atoms with Crippen molar-refractivity contribution in [3.8, 4) is 0 Å². The van der Waals surface area contributed by atoms with Crippen molar-refractivity contribution in [3.63, 3.8) is 0 Å². The molecule has 0 unspecified atom stereocenters. The highest BCUT2D eigenvalue weighted by atomic mass is 35.5. The van der Waals surface area contributed by atoms with E-state index in [0.717, 1.165) is 5.69 Å². The first-order valence-electron chi connectivity index (χ1n) is 6.45. The predicted octanol–water partition coefficient (Wildman–Crippen LogP) is 4.67. The maximum atomic E-state index is 6.11. The van der Waals surface area contributed by atoms with Crippen molar-refractivity contribution in [2.45, 2.75) is 0 Å². The standard InChI is InChI=1S/C15H11Cl2N5/c16-11-7-4-8-12(17)14(11)21-15-20-13(9-18-22-15)19-10-5-2-1-3-6-10/h1-9H,(H2,19,20,21,22). The summed E-state index contributed by atoms with van der Waals surface area (Å²) < 4.78 is 0. The molecule has 0 atom stereocenters. The molecule has 2 N–H and O–H groups in total. The van der Waals surface area contributed by atoms with Crippen LogP contribution >= 0.6 is 23.2 Å². The van der Waals surface area contributed by atoms with Gasteiger partial charge in [0.1, 0.15) is 0 Å². The summed E-state index contributed by atoms with van der Waals surface area (Å²) in [5.41, 5.74) is 1.45. The fourth-order valence-corrected chi connectivity index (χ4v) is 2.31. The van der Waals surface area contributed by atoms with Gasteiger partial charge in [0, 0.05) is 5.69 Å². The fraction of sp³-hybridized carbons (Fsp3) is 0. The third-order valence-electron chi connectivity index (χ3n) is 2.80. The Bertz CT molecular complexity index is 760. The number of anilines is 4. The van der Waals surface area contributed by atoms with Crippen LogP contribution in [0.4, 0.5) is 23.1 Å². The van der Waals surface area contributed by atoms with Gasteiger partial charge < -0.3 is 10.6 Å². The van der Waals surface area contributed by atoms with Crippen LogP contribution in [-0.4, -0.2) is 15.2 Å². The van der Waals surface area contributed by atoms with Crippen LogP contribution in [0.25, 0.3) is 0 Å². The number of hydrogen-bond acceptors (Lipinski definition) is 5. The van der Waals surface area contributed by atoms with Gasteiger partial charge in [0.2, 0.25) is 5.95 Å². The lowest BCUT2D eigenvalue weighted by molar-refractivity contribution is 0.982. The molecule has 0 amide bonds. The summed E-state index contributed by atoms with van der Waals surface area (Å²) >= 11 is 12.2. The molecule has 3 aromatic rings. The van der Waals surface area contributed by atoms with Gasteiger partial charge in [-0.05, 0) is 24.3 Å². The first-order chi connectivity index (χ1) is 10.7. The van der Waals surface area contributed by atoms with Crippen LogP contribution in [0.3, 0.4) is 0 Å². The number of nitrogens with zero attached hydrogens (tertiary/aromatic N) is 3. The van der Waals surface area contributed by atoms with E-state index >= 15 is 0 Å². The molecule has 7 heteroatoms. The van der Waals surface area contributed by atoms with Crippen LogP contribution in [0.5, 0.6) is 0 Å². The maximum absolute atomic E-state index is 6.11. The zero-order valence-electron chi connectivity index (χ0n) is 11.3. The Morgan fingerprint density at radius 2 is 1.55 bits per heavy atom. The van der Waals surface area contributed by atoms with E-state index in [4.69, 9.17) is 23.2 Å². The van der Waals surface area contributed by atoms with E-state index < -0.39 is 0 Å². The highest BCUT2D eigenvalue weighted by Gasteiger charge is 2.08. The number of halogens is 2. The second-order valence-electron chi connectivity index (χ2n) is 4.38. The molecule has 1 heterocycles. The average molecular weight is 332 g/mol. The Morgan fingerprint density at radius 1 is 0.818 bits per heavy atom. The Morgan fingerprint density at radius 3 is 2.27 bits per heavy atom. The molecule has 2 aromatic carbocycles. The van der Waals surface area contributed by atoms with E-state index in [1.807, 2.05) is 30.3 Å². The zero-order valence-corrected chi connectivity index (χ0v) is 12.8. The van der Waals surface area contributed by atoms with Gasteiger partial charge >= 0.3 is 0 Å². The minimum Gasteiger partial charge on any atom is -0.339 e. The van der Waals surface area contributed by atoms with Gasteiger partial charge in [-0.3, -0.25) is 0 Å². The molecule has 0 fully saturated rings. The van der Waals surface area contributed by atoms with Crippen LogP contribution in [0.2, 0.25) is 10.0 Å². The molecule has 1 aromatic heterocycles. The lowest BCUT2D eigenvalue weighted by Crippen LogP contribution is -2.03. The lowest BCUT2D eigenvalue weighted by Gasteiger charge is -2.09. The quantitative estimate of drug-likeness (QED) is 0.727. The summed E-state index contributed by atoms with van der Waals surface area (Å²) in [6.07, 6.45) is 1.53. The van der Waals surface area contributed by atoms with E-state index in [0.29, 0.717) is 27.5 Å². The molecule has 0 aliphatic heterocycles. The van der Waals surface area contributed by atoms with Gasteiger partial charge in [0.05, 0.1) is 21.9 Å². The van der Waals surface area contributed by atoms with Crippen molar-refractivity contribution in [2.75, 3.05) is 10.6 Å². The summed E-state index contributed by atoms with van der Waals surface area (Å²) in [7, 11) is 0. The van der Waals surface area contributed by atoms with Crippen LogP contribution in [0.15, 0.2) is 54.7 Å². The molecule has 3 rings (SSSR count). The topological polar surface area (TPSA) is 62.7 Å². The van der Waals surface area contributed by atoms with Gasteiger partial charge in [-0.2, -0.15) is 10.1 Å². The van der Waals surface area contributed by atoms with Crippen molar-refractivity contribution in [2.24, 2.45) is 0 Å². The maximum Gasteiger partial charge on any atom is 0.249 e. The first-order valence-corrected chi connectivity index (χ1v) is 7.21. The zero-order chi connectivity index (χ0) is 15.4. The number of aromatic nitrogens is 3. The predicted molar refractivity (Wildman–Crippen MR) is 89.3 cm³/mol. The second-order valence-corrected chi connectivity index (χ2v) is 5.19. The minimum atomic E-state index is 0.302. The third-order valence-corrected chi connectivity index (χ3v) is 3.43. The molecule has 0 radical (unpaired) electrons. The highest BCUT2D eigenvalue weighted by Crippen LogP contribution is 2.31. The summed E-state index contributed by atoms with van der Waals surface area (Å²) in [4.78, 5) is 4.33. The molecule has 0 saturated heterocycles. The molecular formula is C15H11Cl2N5. The van der Waals surface area contributed by atoms with E-state index in [1.54, 1.807) is 18.2 Å².